The summed E-state index contributed by atoms with van der Waals surface area (Å²) in [6, 6.07) is 0.488. The number of rotatable bonds is 4. The molecule has 1 unspecified atom stereocenters. The van der Waals surface area contributed by atoms with E-state index >= 15 is 0 Å². The molecule has 5 nitrogen and oxygen atoms in total. The van der Waals surface area contributed by atoms with Crippen LogP contribution in [0.1, 0.15) is 30.3 Å². The van der Waals surface area contributed by atoms with Gasteiger partial charge in [0.25, 0.3) is 0 Å². The largest absolute Gasteiger partial charge is 0.340 e. The zero-order valence-corrected chi connectivity index (χ0v) is 12.5. The minimum Gasteiger partial charge on any atom is -0.340 e. The van der Waals surface area contributed by atoms with Crippen LogP contribution in [0.2, 0.25) is 0 Å². The van der Waals surface area contributed by atoms with Gasteiger partial charge in [-0.15, -0.1) is 11.3 Å². The first kappa shape index (κ1) is 13.0. The van der Waals surface area contributed by atoms with Crippen molar-refractivity contribution in [1.82, 2.24) is 20.9 Å². The first-order valence-corrected chi connectivity index (χ1v) is 7.97. The average molecular weight is 296 g/mol. The number of aromatic nitrogens is 1. The van der Waals surface area contributed by atoms with Gasteiger partial charge in [0, 0.05) is 18.4 Å². The zero-order chi connectivity index (χ0) is 13.5. The Bertz CT molecular complexity index is 538. The highest BCUT2D eigenvalue weighted by atomic mass is 32.2. The molecule has 0 aromatic carbocycles. The number of nitrogens with one attached hydrogen (secondary N) is 3. The Kier molecular flexibility index (Phi) is 3.28. The SMILES string of the molecule is CC(=O)NC1(NC2CC2)NC(c2scnc2C)=CS1. The monoisotopic (exact) mass is 296 g/mol. The molecular formula is C12H16N4OS2. The number of hydrogen-bond acceptors (Lipinski definition) is 6. The number of aryl methyl sites for hydroxylation is 1. The molecule has 1 amide bonds. The van der Waals surface area contributed by atoms with Gasteiger partial charge in [0.15, 0.2) is 0 Å². The molecule has 2 heterocycles. The first-order chi connectivity index (χ1) is 9.08. The van der Waals surface area contributed by atoms with E-state index in [9.17, 15) is 4.79 Å². The van der Waals surface area contributed by atoms with Crippen LogP contribution in [-0.4, -0.2) is 22.1 Å². The van der Waals surface area contributed by atoms with E-state index in [4.69, 9.17) is 0 Å². The van der Waals surface area contributed by atoms with Gasteiger partial charge in [-0.3, -0.25) is 10.1 Å². The fourth-order valence-corrected chi connectivity index (χ4v) is 3.93. The van der Waals surface area contributed by atoms with E-state index in [1.807, 2.05) is 17.8 Å². The molecule has 0 saturated heterocycles. The molecular weight excluding hydrogens is 280 g/mol. The number of hydrogen-bond donors (Lipinski definition) is 3. The summed E-state index contributed by atoms with van der Waals surface area (Å²) in [4.78, 5) is 16.8. The van der Waals surface area contributed by atoms with Gasteiger partial charge in [-0.1, -0.05) is 11.8 Å². The van der Waals surface area contributed by atoms with Gasteiger partial charge >= 0.3 is 0 Å². The molecule has 1 fully saturated rings. The molecule has 7 heteroatoms. The lowest BCUT2D eigenvalue weighted by Crippen LogP contribution is -2.63. The van der Waals surface area contributed by atoms with Crippen molar-refractivity contribution in [2.24, 2.45) is 0 Å². The van der Waals surface area contributed by atoms with Crippen LogP contribution in [0, 0.1) is 6.92 Å². The van der Waals surface area contributed by atoms with Crippen LogP contribution in [0.5, 0.6) is 0 Å². The molecule has 1 aliphatic heterocycles. The third-order valence-electron chi connectivity index (χ3n) is 2.99. The molecule has 1 aliphatic carbocycles. The molecule has 19 heavy (non-hydrogen) atoms. The minimum absolute atomic E-state index is 0.0520. The summed E-state index contributed by atoms with van der Waals surface area (Å²) >= 11 is 3.17. The summed E-state index contributed by atoms with van der Waals surface area (Å²) in [5.41, 5.74) is 3.87. The normalized spacial score (nSPS) is 25.9. The van der Waals surface area contributed by atoms with Crippen LogP contribution < -0.4 is 16.0 Å². The summed E-state index contributed by atoms with van der Waals surface area (Å²) in [6.07, 6.45) is 2.33. The first-order valence-electron chi connectivity index (χ1n) is 6.21. The summed E-state index contributed by atoms with van der Waals surface area (Å²) in [7, 11) is 0. The fraction of sp³-hybridized carbons (Fsp3) is 0.500. The molecule has 0 radical (unpaired) electrons. The van der Waals surface area contributed by atoms with E-state index in [1.165, 1.54) is 19.8 Å². The van der Waals surface area contributed by atoms with Gasteiger partial charge in [-0.2, -0.15) is 0 Å². The van der Waals surface area contributed by atoms with Crippen LogP contribution in [0.25, 0.3) is 5.70 Å². The van der Waals surface area contributed by atoms with Gasteiger partial charge in [-0.05, 0) is 19.8 Å². The van der Waals surface area contributed by atoms with Gasteiger partial charge in [0.1, 0.15) is 0 Å². The van der Waals surface area contributed by atoms with Gasteiger partial charge < -0.3 is 10.6 Å². The highest BCUT2D eigenvalue weighted by Gasteiger charge is 2.41. The maximum atomic E-state index is 11.4. The average Bonchev–Trinajstić information content (AvgIpc) is 2.87. The fourth-order valence-electron chi connectivity index (χ4n) is 2.00. The van der Waals surface area contributed by atoms with Gasteiger partial charge in [0.05, 0.1) is 21.8 Å². The molecule has 1 aromatic heterocycles. The number of carbonyl (C=O) groups excluding carboxylic acids is 1. The lowest BCUT2D eigenvalue weighted by molar-refractivity contribution is -0.120. The van der Waals surface area contributed by atoms with E-state index in [-0.39, 0.29) is 5.91 Å². The standard InChI is InChI=1S/C12H16N4OS2/c1-7-11(18-6-13-7)10-5-19-12(16-10,14-8(2)17)15-9-3-4-9/h5-6,9,15-16H,3-4H2,1-2H3,(H,14,17). The van der Waals surface area contributed by atoms with Crippen LogP contribution in [0.3, 0.4) is 0 Å². The second-order valence-electron chi connectivity index (χ2n) is 4.82. The van der Waals surface area contributed by atoms with E-state index < -0.39 is 5.12 Å². The maximum Gasteiger partial charge on any atom is 0.221 e. The Morgan fingerprint density at radius 1 is 1.58 bits per heavy atom. The molecule has 1 aromatic rings. The molecule has 0 spiro atoms. The summed E-state index contributed by atoms with van der Waals surface area (Å²) in [5, 5.41) is 11.3. The van der Waals surface area contributed by atoms with E-state index in [2.05, 4.69) is 20.9 Å². The number of carbonyl (C=O) groups is 1. The molecule has 1 atom stereocenters. The second kappa shape index (κ2) is 4.81. The summed E-state index contributed by atoms with van der Waals surface area (Å²) in [5.74, 6) is -0.0520. The third-order valence-corrected chi connectivity index (χ3v) is 4.98. The number of thiazole rings is 1. The lowest BCUT2D eigenvalue weighted by atomic mass is 10.3. The quantitative estimate of drug-likeness (QED) is 0.736. The van der Waals surface area contributed by atoms with Gasteiger partial charge in [-0.25, -0.2) is 4.98 Å². The topological polar surface area (TPSA) is 66.1 Å². The molecule has 2 aliphatic rings. The van der Waals surface area contributed by atoms with Gasteiger partial charge in [0.2, 0.25) is 11.0 Å². The summed E-state index contributed by atoms with van der Waals surface area (Å²) in [6.45, 7) is 3.53. The van der Waals surface area contributed by atoms with Crippen LogP contribution in [0.4, 0.5) is 0 Å². The number of nitrogens with zero attached hydrogens (tertiary/aromatic N) is 1. The number of amides is 1. The van der Waals surface area contributed by atoms with E-state index in [0.717, 1.165) is 16.3 Å². The zero-order valence-electron chi connectivity index (χ0n) is 10.8. The Labute approximate surface area is 120 Å². The highest BCUT2D eigenvalue weighted by molar-refractivity contribution is 8.03. The highest BCUT2D eigenvalue weighted by Crippen LogP contribution is 2.37. The van der Waals surface area contributed by atoms with Crippen molar-refractivity contribution in [1.29, 1.82) is 0 Å². The van der Waals surface area contributed by atoms with Crippen molar-refractivity contribution in [3.8, 4) is 0 Å². The van der Waals surface area contributed by atoms with Crippen molar-refractivity contribution in [3.05, 3.63) is 21.5 Å². The summed E-state index contributed by atoms with van der Waals surface area (Å²) < 4.78 is 0. The van der Waals surface area contributed by atoms with Crippen molar-refractivity contribution in [2.45, 2.75) is 37.8 Å². The Hall–Kier alpha value is -1.05. The van der Waals surface area contributed by atoms with Crippen LogP contribution in [0.15, 0.2) is 10.9 Å². The van der Waals surface area contributed by atoms with Crippen LogP contribution in [-0.2, 0) is 4.79 Å². The lowest BCUT2D eigenvalue weighted by Gasteiger charge is -2.31. The molecule has 3 N–H and O–H groups in total. The Balaban J connectivity index is 1.78. The predicted molar refractivity (Wildman–Crippen MR) is 78.3 cm³/mol. The second-order valence-corrected chi connectivity index (χ2v) is 6.76. The Morgan fingerprint density at radius 2 is 2.37 bits per heavy atom. The smallest absolute Gasteiger partial charge is 0.221 e. The predicted octanol–water partition coefficient (Wildman–Crippen LogP) is 1.59. The van der Waals surface area contributed by atoms with Crippen molar-refractivity contribution >= 4 is 34.7 Å². The number of thioether (sulfide) groups is 1. The van der Waals surface area contributed by atoms with E-state index in [0.29, 0.717) is 6.04 Å². The third kappa shape index (κ3) is 2.77. The van der Waals surface area contributed by atoms with Crippen LogP contribution >= 0.6 is 23.1 Å². The van der Waals surface area contributed by atoms with Crippen molar-refractivity contribution in [3.63, 3.8) is 0 Å². The molecule has 3 rings (SSSR count). The van der Waals surface area contributed by atoms with Crippen molar-refractivity contribution < 1.29 is 4.79 Å². The Morgan fingerprint density at radius 3 is 2.95 bits per heavy atom. The van der Waals surface area contributed by atoms with Crippen molar-refractivity contribution in [2.75, 3.05) is 0 Å². The maximum absolute atomic E-state index is 11.4. The molecule has 0 bridgehead atoms. The van der Waals surface area contributed by atoms with E-state index in [1.54, 1.807) is 23.1 Å². The molecule has 102 valence electrons. The minimum atomic E-state index is -0.612. The molecule has 1 saturated carbocycles.